The molecule has 1 aromatic heterocycles. The average Bonchev–Trinajstić information content (AvgIpc) is 3.12. The van der Waals surface area contributed by atoms with Gasteiger partial charge < -0.3 is 10.6 Å². The van der Waals surface area contributed by atoms with Crippen molar-refractivity contribution in [3.63, 3.8) is 0 Å². The zero-order valence-electron chi connectivity index (χ0n) is 9.03. The third kappa shape index (κ3) is 3.43. The predicted molar refractivity (Wildman–Crippen MR) is 64.5 cm³/mol. The Labute approximate surface area is 103 Å². The molecule has 1 amide bonds. The highest BCUT2D eigenvalue weighted by atomic mass is 35.5. The number of rotatable bonds is 5. The molecule has 92 valence electrons. The number of nitrogen functional groups attached to an aromatic ring is 1. The van der Waals surface area contributed by atoms with Crippen molar-refractivity contribution in [3.05, 3.63) is 11.2 Å². The fourth-order valence-corrected chi connectivity index (χ4v) is 1.39. The van der Waals surface area contributed by atoms with Crippen molar-refractivity contribution >= 4 is 29.3 Å². The SMILES string of the molecule is NNc1ncc(Cl)c(NCC(=O)NC2CC2)n1. The van der Waals surface area contributed by atoms with Gasteiger partial charge in [0, 0.05) is 6.04 Å². The number of amides is 1. The van der Waals surface area contributed by atoms with E-state index in [1.807, 2.05) is 0 Å². The van der Waals surface area contributed by atoms with Gasteiger partial charge in [-0.05, 0) is 12.8 Å². The van der Waals surface area contributed by atoms with Gasteiger partial charge in [-0.15, -0.1) is 0 Å². The molecule has 1 heterocycles. The second-order valence-electron chi connectivity index (χ2n) is 3.73. The Kier molecular flexibility index (Phi) is 3.60. The molecule has 0 aromatic carbocycles. The fraction of sp³-hybridized carbons (Fsp3) is 0.444. The normalized spacial score (nSPS) is 14.2. The van der Waals surface area contributed by atoms with Crippen LogP contribution in [0.15, 0.2) is 6.20 Å². The van der Waals surface area contributed by atoms with E-state index in [9.17, 15) is 4.79 Å². The number of hydrazine groups is 1. The van der Waals surface area contributed by atoms with Crippen LogP contribution in [0.5, 0.6) is 0 Å². The van der Waals surface area contributed by atoms with Crippen molar-refractivity contribution in [3.8, 4) is 0 Å². The summed E-state index contributed by atoms with van der Waals surface area (Å²) in [6.07, 6.45) is 3.52. The number of aromatic nitrogens is 2. The molecule has 0 unspecified atom stereocenters. The van der Waals surface area contributed by atoms with Crippen molar-refractivity contribution < 1.29 is 4.79 Å². The Morgan fingerprint density at radius 1 is 1.59 bits per heavy atom. The maximum Gasteiger partial charge on any atom is 0.239 e. The molecule has 8 heteroatoms. The Bertz CT molecular complexity index is 422. The van der Waals surface area contributed by atoms with E-state index in [-0.39, 0.29) is 18.4 Å². The van der Waals surface area contributed by atoms with E-state index in [0.29, 0.717) is 16.9 Å². The van der Waals surface area contributed by atoms with Crippen LogP contribution in [0.3, 0.4) is 0 Å². The second kappa shape index (κ2) is 5.15. The van der Waals surface area contributed by atoms with E-state index in [2.05, 4.69) is 26.0 Å². The molecule has 1 aromatic rings. The lowest BCUT2D eigenvalue weighted by Gasteiger charge is -2.08. The minimum Gasteiger partial charge on any atom is -0.360 e. The Morgan fingerprint density at radius 3 is 3.00 bits per heavy atom. The Balaban J connectivity index is 1.90. The van der Waals surface area contributed by atoms with Crippen LogP contribution in [0, 0.1) is 0 Å². The number of anilines is 2. The molecule has 7 nitrogen and oxygen atoms in total. The van der Waals surface area contributed by atoms with Gasteiger partial charge in [-0.3, -0.25) is 10.2 Å². The molecule has 0 atom stereocenters. The molecule has 0 spiro atoms. The van der Waals surface area contributed by atoms with Gasteiger partial charge in [0.15, 0.2) is 5.82 Å². The van der Waals surface area contributed by atoms with E-state index in [1.54, 1.807) is 0 Å². The van der Waals surface area contributed by atoms with Gasteiger partial charge in [-0.25, -0.2) is 10.8 Å². The lowest BCUT2D eigenvalue weighted by Crippen LogP contribution is -2.31. The average molecular weight is 257 g/mol. The van der Waals surface area contributed by atoms with E-state index in [1.165, 1.54) is 6.20 Å². The van der Waals surface area contributed by atoms with Crippen LogP contribution in [0.2, 0.25) is 5.02 Å². The number of nitrogens with two attached hydrogens (primary N) is 1. The van der Waals surface area contributed by atoms with Gasteiger partial charge in [-0.1, -0.05) is 11.6 Å². The maximum absolute atomic E-state index is 11.4. The number of hydrogen-bond acceptors (Lipinski definition) is 6. The molecule has 0 saturated heterocycles. The molecular weight excluding hydrogens is 244 g/mol. The summed E-state index contributed by atoms with van der Waals surface area (Å²) < 4.78 is 0. The van der Waals surface area contributed by atoms with Crippen LogP contribution in [-0.2, 0) is 4.79 Å². The first kappa shape index (κ1) is 11.9. The highest BCUT2D eigenvalue weighted by Crippen LogP contribution is 2.20. The number of carbonyl (C=O) groups is 1. The first-order chi connectivity index (χ1) is 8.19. The van der Waals surface area contributed by atoms with Crippen molar-refractivity contribution in [2.45, 2.75) is 18.9 Å². The van der Waals surface area contributed by atoms with Gasteiger partial charge in [0.25, 0.3) is 0 Å². The number of carbonyl (C=O) groups excluding carboxylic acids is 1. The molecule has 1 fully saturated rings. The van der Waals surface area contributed by atoms with Crippen molar-refractivity contribution in [1.29, 1.82) is 0 Å². The summed E-state index contributed by atoms with van der Waals surface area (Å²) in [5, 5.41) is 6.01. The van der Waals surface area contributed by atoms with Gasteiger partial charge >= 0.3 is 0 Å². The van der Waals surface area contributed by atoms with E-state index in [4.69, 9.17) is 17.4 Å². The molecular formula is C9H13ClN6O. The lowest BCUT2D eigenvalue weighted by molar-refractivity contribution is -0.119. The minimum atomic E-state index is -0.0792. The zero-order valence-corrected chi connectivity index (χ0v) is 9.79. The molecule has 17 heavy (non-hydrogen) atoms. The van der Waals surface area contributed by atoms with Crippen LogP contribution in [-0.4, -0.2) is 28.5 Å². The Morgan fingerprint density at radius 2 is 2.35 bits per heavy atom. The summed E-state index contributed by atoms with van der Waals surface area (Å²) >= 11 is 5.87. The first-order valence-corrected chi connectivity index (χ1v) is 5.59. The monoisotopic (exact) mass is 256 g/mol. The van der Waals surface area contributed by atoms with E-state index < -0.39 is 0 Å². The van der Waals surface area contributed by atoms with E-state index >= 15 is 0 Å². The summed E-state index contributed by atoms with van der Waals surface area (Å²) in [7, 11) is 0. The molecule has 1 saturated carbocycles. The summed E-state index contributed by atoms with van der Waals surface area (Å²) in [5.74, 6) is 5.71. The van der Waals surface area contributed by atoms with E-state index in [0.717, 1.165) is 12.8 Å². The van der Waals surface area contributed by atoms with Crippen molar-refractivity contribution in [2.75, 3.05) is 17.3 Å². The number of hydrogen-bond donors (Lipinski definition) is 4. The van der Waals surface area contributed by atoms with Gasteiger partial charge in [0.2, 0.25) is 11.9 Å². The highest BCUT2D eigenvalue weighted by Gasteiger charge is 2.23. The number of nitrogens with zero attached hydrogens (tertiary/aromatic N) is 2. The topological polar surface area (TPSA) is 105 Å². The van der Waals surface area contributed by atoms with Gasteiger partial charge in [0.1, 0.15) is 5.02 Å². The van der Waals surface area contributed by atoms with Crippen LogP contribution in [0.25, 0.3) is 0 Å². The maximum atomic E-state index is 11.4. The first-order valence-electron chi connectivity index (χ1n) is 5.21. The van der Waals surface area contributed by atoms with Crippen LogP contribution in [0.4, 0.5) is 11.8 Å². The van der Waals surface area contributed by atoms with Gasteiger partial charge in [0.05, 0.1) is 12.7 Å². The zero-order chi connectivity index (χ0) is 12.3. The largest absolute Gasteiger partial charge is 0.360 e. The molecule has 0 radical (unpaired) electrons. The number of nitrogens with one attached hydrogen (secondary N) is 3. The highest BCUT2D eigenvalue weighted by molar-refractivity contribution is 6.32. The molecule has 5 N–H and O–H groups in total. The molecule has 1 aliphatic rings. The van der Waals surface area contributed by atoms with Crippen molar-refractivity contribution in [2.24, 2.45) is 5.84 Å². The minimum absolute atomic E-state index is 0.0792. The van der Waals surface area contributed by atoms with Crippen LogP contribution >= 0.6 is 11.6 Å². The molecule has 2 rings (SSSR count). The standard InChI is InChI=1S/C9H13ClN6O/c10-6-3-13-9(16-11)15-8(6)12-4-7(17)14-5-1-2-5/h3,5H,1-2,4,11H2,(H,14,17)(H2,12,13,15,16). The summed E-state index contributed by atoms with van der Waals surface area (Å²) in [5.41, 5.74) is 2.30. The smallest absolute Gasteiger partial charge is 0.239 e. The Hall–Kier alpha value is -1.60. The summed E-state index contributed by atoms with van der Waals surface area (Å²) in [6.45, 7) is 0.122. The quantitative estimate of drug-likeness (QED) is 0.440. The number of halogens is 1. The second-order valence-corrected chi connectivity index (χ2v) is 4.14. The summed E-state index contributed by atoms with van der Waals surface area (Å²) in [4.78, 5) is 19.2. The summed E-state index contributed by atoms with van der Waals surface area (Å²) in [6, 6.07) is 0.339. The molecule has 1 aliphatic carbocycles. The van der Waals surface area contributed by atoms with Gasteiger partial charge in [-0.2, -0.15) is 4.98 Å². The third-order valence-electron chi connectivity index (χ3n) is 2.23. The van der Waals surface area contributed by atoms with Crippen LogP contribution in [0.1, 0.15) is 12.8 Å². The third-order valence-corrected chi connectivity index (χ3v) is 2.51. The lowest BCUT2D eigenvalue weighted by atomic mass is 10.5. The molecule has 0 bridgehead atoms. The molecule has 0 aliphatic heterocycles. The fourth-order valence-electron chi connectivity index (χ4n) is 1.23. The predicted octanol–water partition coefficient (Wildman–Crippen LogP) is 0.106. The van der Waals surface area contributed by atoms with Crippen LogP contribution < -0.4 is 21.9 Å². The van der Waals surface area contributed by atoms with Crippen molar-refractivity contribution in [1.82, 2.24) is 15.3 Å².